The Balaban J connectivity index is 1.48. The molecule has 1 aromatic carbocycles. The van der Waals surface area contributed by atoms with Gasteiger partial charge in [0, 0.05) is 35.2 Å². The molecule has 3 heterocycles. The second-order valence-corrected chi connectivity index (χ2v) is 14.4. The average molecular weight is 735 g/mol. The molecule has 278 valence electrons. The predicted octanol–water partition coefficient (Wildman–Crippen LogP) is 5.08. The molecule has 5 atom stereocenters. The lowest BCUT2D eigenvalue weighted by Gasteiger charge is -2.34. The summed E-state index contributed by atoms with van der Waals surface area (Å²) in [5.74, 6) is -2.26. The van der Waals surface area contributed by atoms with Gasteiger partial charge in [0.2, 0.25) is 11.8 Å². The molecule has 15 heteroatoms. The summed E-state index contributed by atoms with van der Waals surface area (Å²) >= 11 is 1.27. The first-order valence-electron chi connectivity index (χ1n) is 17.2. The second-order valence-electron chi connectivity index (χ2n) is 13.6. The Morgan fingerprint density at radius 2 is 1.87 bits per heavy atom. The van der Waals surface area contributed by atoms with Crippen LogP contribution in [0.25, 0.3) is 22.3 Å². The van der Waals surface area contributed by atoms with Crippen molar-refractivity contribution in [2.24, 2.45) is 5.92 Å². The van der Waals surface area contributed by atoms with Crippen LogP contribution in [0.15, 0.2) is 54.5 Å². The van der Waals surface area contributed by atoms with Crippen LogP contribution in [0.1, 0.15) is 59.3 Å². The number of aliphatic carboxylic acids is 1. The van der Waals surface area contributed by atoms with Crippen molar-refractivity contribution in [2.45, 2.75) is 89.1 Å². The number of nitrogens with one attached hydrogen (secondary N) is 2. The molecule has 0 radical (unpaired) electrons. The van der Waals surface area contributed by atoms with E-state index in [9.17, 15) is 24.3 Å². The van der Waals surface area contributed by atoms with Gasteiger partial charge >= 0.3 is 12.1 Å². The molecule has 3 aromatic rings. The Morgan fingerprint density at radius 1 is 1.13 bits per heavy atom. The van der Waals surface area contributed by atoms with Crippen molar-refractivity contribution in [3.63, 3.8) is 0 Å². The number of methoxy groups -OCH3 is 1. The van der Waals surface area contributed by atoms with E-state index in [-0.39, 0.29) is 19.1 Å². The first-order valence-corrected chi connectivity index (χ1v) is 18.1. The highest BCUT2D eigenvalue weighted by Gasteiger charge is 2.47. The van der Waals surface area contributed by atoms with Gasteiger partial charge in [0.1, 0.15) is 47.0 Å². The number of hydrogen-bond donors (Lipinski definition) is 4. The number of fused-ring (bicyclic) bond motifs is 1. The van der Waals surface area contributed by atoms with Crippen molar-refractivity contribution >= 4 is 51.2 Å². The third-order valence-corrected chi connectivity index (χ3v) is 10.5. The summed E-state index contributed by atoms with van der Waals surface area (Å²) in [6.07, 6.45) is 4.15. The first-order chi connectivity index (χ1) is 24.7. The number of anilines is 1. The highest BCUT2D eigenvalue weighted by atomic mass is 32.1. The molecule has 2 aromatic heterocycles. The maximum absolute atomic E-state index is 14.3. The molecule has 1 aliphatic carbocycles. The van der Waals surface area contributed by atoms with Crippen LogP contribution >= 0.6 is 11.3 Å². The van der Waals surface area contributed by atoms with Gasteiger partial charge in [-0.2, -0.15) is 0 Å². The molecule has 14 nitrogen and oxygen atoms in total. The predicted molar refractivity (Wildman–Crippen MR) is 197 cm³/mol. The molecule has 5 rings (SSSR count). The molecule has 3 amide bonds. The number of benzene rings is 1. The summed E-state index contributed by atoms with van der Waals surface area (Å²) in [5, 5.41) is 18.2. The van der Waals surface area contributed by atoms with Crippen LogP contribution in [0.2, 0.25) is 0 Å². The fourth-order valence-corrected chi connectivity index (χ4v) is 7.03. The summed E-state index contributed by atoms with van der Waals surface area (Å²) in [7, 11) is 1.55. The van der Waals surface area contributed by atoms with Crippen molar-refractivity contribution in [3.05, 3.63) is 54.5 Å². The number of rotatable bonds is 13. The van der Waals surface area contributed by atoms with E-state index in [0.29, 0.717) is 44.5 Å². The van der Waals surface area contributed by atoms with Gasteiger partial charge in [-0.3, -0.25) is 9.59 Å². The Kier molecular flexibility index (Phi) is 11.7. The third-order valence-electron chi connectivity index (χ3n) is 9.82. The maximum atomic E-state index is 14.3. The molecular formula is C37H46N6O8S. The minimum atomic E-state index is -1.73. The van der Waals surface area contributed by atoms with Crippen molar-refractivity contribution in [3.8, 4) is 22.9 Å². The van der Waals surface area contributed by atoms with Crippen molar-refractivity contribution in [1.29, 1.82) is 0 Å². The molecule has 2 aliphatic rings. The number of carbonyl (C=O) groups is 4. The Hall–Kier alpha value is -5.18. The van der Waals surface area contributed by atoms with Gasteiger partial charge in [0.25, 0.3) is 0 Å². The smallest absolute Gasteiger partial charge is 0.408 e. The van der Waals surface area contributed by atoms with E-state index in [2.05, 4.69) is 28.8 Å². The van der Waals surface area contributed by atoms with Crippen LogP contribution in [0.4, 0.5) is 9.93 Å². The summed E-state index contributed by atoms with van der Waals surface area (Å²) in [6, 6.07) is 4.64. The van der Waals surface area contributed by atoms with Gasteiger partial charge < -0.3 is 40.6 Å². The Bertz CT molecular complexity index is 1860. The number of nitrogens with two attached hydrogens (primary N) is 1. The third kappa shape index (κ3) is 8.30. The summed E-state index contributed by atoms with van der Waals surface area (Å²) < 4.78 is 17.6. The number of aromatic nitrogens is 2. The lowest BCUT2D eigenvalue weighted by molar-refractivity contribution is -0.150. The molecule has 1 saturated heterocycles. The number of alkyl carbamates (subject to hydrolysis) is 1. The SMILES string of the molecule is C=C[C@H](C)[C@@](C)(NC(=O)[C@@H]1C[C@@H](Oc2cc(-c3csc(N)n3)nc3cc(OC)ccc23)CN1C(=O)[C@@H](NC(=O)OC1CCCCC1)C(=C)C)C(=O)O. The van der Waals surface area contributed by atoms with E-state index in [1.54, 1.807) is 50.6 Å². The zero-order chi connectivity index (χ0) is 37.7. The Morgan fingerprint density at radius 3 is 2.48 bits per heavy atom. The number of carboxylic acid groups (broad SMARTS) is 1. The number of thiazole rings is 1. The van der Waals surface area contributed by atoms with Gasteiger partial charge in [-0.1, -0.05) is 26.0 Å². The number of nitrogen functional groups attached to an aromatic ring is 1. The van der Waals surface area contributed by atoms with Gasteiger partial charge in [-0.15, -0.1) is 17.9 Å². The number of likely N-dealkylation sites (tertiary alicyclic amines) is 1. The zero-order valence-electron chi connectivity index (χ0n) is 29.8. The largest absolute Gasteiger partial charge is 0.497 e. The fourth-order valence-electron chi connectivity index (χ4n) is 6.48. The molecule has 5 N–H and O–H groups in total. The topological polar surface area (TPSA) is 195 Å². The molecular weight excluding hydrogens is 689 g/mol. The monoisotopic (exact) mass is 734 g/mol. The molecule has 0 spiro atoms. The average Bonchev–Trinajstić information content (AvgIpc) is 3.76. The number of nitrogens with zero attached hydrogens (tertiary/aromatic N) is 3. The van der Waals surface area contributed by atoms with E-state index in [1.807, 2.05) is 0 Å². The minimum Gasteiger partial charge on any atom is -0.497 e. The van der Waals surface area contributed by atoms with Crippen LogP contribution in [0, 0.1) is 5.92 Å². The first kappa shape index (κ1) is 38.1. The van der Waals surface area contributed by atoms with E-state index in [1.165, 1.54) is 29.2 Å². The quantitative estimate of drug-likeness (QED) is 0.171. The lowest BCUT2D eigenvalue weighted by atomic mass is 9.86. The van der Waals surface area contributed by atoms with Crippen LogP contribution < -0.4 is 25.8 Å². The zero-order valence-corrected chi connectivity index (χ0v) is 30.7. The Labute approximate surface area is 306 Å². The molecule has 1 saturated carbocycles. The van der Waals surface area contributed by atoms with Crippen LogP contribution in [0.3, 0.4) is 0 Å². The number of pyridine rings is 1. The normalized spacial score (nSPS) is 19.9. The van der Waals surface area contributed by atoms with Crippen LogP contribution in [0.5, 0.6) is 11.5 Å². The van der Waals surface area contributed by atoms with Crippen molar-refractivity contribution < 1.29 is 38.5 Å². The fraction of sp³-hybridized carbons (Fsp3) is 0.459. The van der Waals surface area contributed by atoms with E-state index in [0.717, 1.165) is 32.1 Å². The van der Waals surface area contributed by atoms with Crippen LogP contribution in [-0.4, -0.2) is 87.3 Å². The molecule has 1 aliphatic heterocycles. The second kappa shape index (κ2) is 16.0. The molecule has 2 fully saturated rings. The van der Waals surface area contributed by atoms with Gasteiger partial charge in [0.15, 0.2) is 5.13 Å². The molecule has 0 unspecified atom stereocenters. The number of carboxylic acids is 1. The van der Waals surface area contributed by atoms with E-state index >= 15 is 0 Å². The standard InChI is InChI=1S/C37H46N6O8S/c1-7-21(4)37(5,34(46)47)42-32(44)29-16-24(18-43(29)33(45)31(20(2)3)41-36(48)51-22-11-9-8-10-12-22)50-30-17-27(28-19-52-35(38)40-28)39-26-15-23(49-6)13-14-25(26)30/h7,13-15,17,19,21-22,24,29,31H,1-2,8-12,16,18H2,3-6H3,(H2,38,40)(H,41,48)(H,42,44)(H,46,47)/t21-,24+,29-,31-,37+/m0/s1. The highest BCUT2D eigenvalue weighted by molar-refractivity contribution is 7.13. The minimum absolute atomic E-state index is 0.00409. The van der Waals surface area contributed by atoms with Gasteiger partial charge in [0.05, 0.1) is 24.9 Å². The van der Waals surface area contributed by atoms with E-state index in [4.69, 9.17) is 24.9 Å². The summed E-state index contributed by atoms with van der Waals surface area (Å²) in [6.45, 7) is 12.2. The van der Waals surface area contributed by atoms with Crippen LogP contribution in [-0.2, 0) is 19.1 Å². The number of ether oxygens (including phenoxy) is 3. The van der Waals surface area contributed by atoms with Gasteiger partial charge in [-0.05, 0) is 57.2 Å². The highest BCUT2D eigenvalue weighted by Crippen LogP contribution is 2.35. The number of amides is 3. The summed E-state index contributed by atoms with van der Waals surface area (Å²) in [5.41, 5.74) is 6.09. The molecule has 52 heavy (non-hydrogen) atoms. The lowest BCUT2D eigenvalue weighted by Crippen LogP contribution is -2.61. The number of hydrogen-bond acceptors (Lipinski definition) is 11. The number of carbonyl (C=O) groups excluding carboxylic acids is 3. The van der Waals surface area contributed by atoms with Crippen molar-refractivity contribution in [2.75, 3.05) is 19.4 Å². The maximum Gasteiger partial charge on any atom is 0.408 e. The molecule has 0 bridgehead atoms. The van der Waals surface area contributed by atoms with E-state index < -0.39 is 53.5 Å². The summed E-state index contributed by atoms with van der Waals surface area (Å²) in [4.78, 5) is 64.3. The van der Waals surface area contributed by atoms with Gasteiger partial charge in [-0.25, -0.2) is 19.6 Å². The van der Waals surface area contributed by atoms with Crippen molar-refractivity contribution in [1.82, 2.24) is 25.5 Å².